The van der Waals surface area contributed by atoms with Gasteiger partial charge in [-0.1, -0.05) is 24.3 Å². The number of benzene rings is 1. The highest BCUT2D eigenvalue weighted by molar-refractivity contribution is 9.10. The zero-order valence-electron chi connectivity index (χ0n) is 8.61. The number of rotatable bonds is 1. The monoisotopic (exact) mass is 294 g/mol. The molecular weight excluding hydrogens is 284 g/mol. The average Bonchev–Trinajstić information content (AvgIpc) is 2.86. The first kappa shape index (κ1) is 10.5. The van der Waals surface area contributed by atoms with Crippen LogP contribution in [0.1, 0.15) is 22.4 Å². The molecule has 3 heteroatoms. The molecule has 0 aliphatic heterocycles. The Labute approximate surface area is 107 Å². The molecule has 0 saturated carbocycles. The number of hydrogen-bond donors (Lipinski definition) is 1. The van der Waals surface area contributed by atoms with Crippen molar-refractivity contribution in [1.29, 1.82) is 0 Å². The first-order valence-corrected chi connectivity index (χ1v) is 6.93. The first-order valence-electron chi connectivity index (χ1n) is 5.26. The maximum absolute atomic E-state index is 10.9. The molecule has 2 aromatic rings. The van der Waals surface area contributed by atoms with Crippen LogP contribution in [0.15, 0.2) is 40.2 Å². The molecule has 1 aromatic carbocycles. The summed E-state index contributed by atoms with van der Waals surface area (Å²) in [4.78, 5) is 1.03. The fourth-order valence-electron chi connectivity index (χ4n) is 2.42. The lowest BCUT2D eigenvalue weighted by Crippen LogP contribution is -2.22. The molecule has 16 heavy (non-hydrogen) atoms. The van der Waals surface area contributed by atoms with Crippen molar-refractivity contribution < 1.29 is 5.11 Å². The number of halogens is 1. The third-order valence-corrected chi connectivity index (χ3v) is 5.20. The number of fused-ring (bicyclic) bond motifs is 1. The minimum atomic E-state index is -0.788. The molecule has 0 amide bonds. The lowest BCUT2D eigenvalue weighted by molar-refractivity contribution is 0.0861. The summed E-state index contributed by atoms with van der Waals surface area (Å²) < 4.78 is 1.01. The molecule has 1 nitrogen and oxygen atoms in total. The lowest BCUT2D eigenvalue weighted by Gasteiger charge is -2.23. The SMILES string of the molecule is OC1(c2sccc2Br)CCc2ccccc21. The highest BCUT2D eigenvalue weighted by Crippen LogP contribution is 2.46. The Morgan fingerprint density at radius 1 is 1.25 bits per heavy atom. The summed E-state index contributed by atoms with van der Waals surface area (Å²) >= 11 is 5.13. The largest absolute Gasteiger partial charge is 0.379 e. The van der Waals surface area contributed by atoms with Crippen molar-refractivity contribution in [2.45, 2.75) is 18.4 Å². The predicted molar refractivity (Wildman–Crippen MR) is 69.8 cm³/mol. The Balaban J connectivity index is 2.19. The van der Waals surface area contributed by atoms with E-state index in [2.05, 4.69) is 22.0 Å². The normalized spacial score (nSPS) is 23.4. The van der Waals surface area contributed by atoms with E-state index in [1.165, 1.54) is 5.56 Å². The Morgan fingerprint density at radius 3 is 2.81 bits per heavy atom. The van der Waals surface area contributed by atoms with Crippen molar-refractivity contribution in [2.75, 3.05) is 0 Å². The van der Waals surface area contributed by atoms with Gasteiger partial charge in [-0.2, -0.15) is 0 Å². The summed E-state index contributed by atoms with van der Waals surface area (Å²) in [6.45, 7) is 0. The highest BCUT2D eigenvalue weighted by Gasteiger charge is 2.40. The summed E-state index contributed by atoms with van der Waals surface area (Å²) in [5, 5.41) is 12.9. The van der Waals surface area contributed by atoms with Gasteiger partial charge in [0.2, 0.25) is 0 Å². The van der Waals surface area contributed by atoms with E-state index in [9.17, 15) is 5.11 Å². The molecule has 0 bridgehead atoms. The van der Waals surface area contributed by atoms with Crippen LogP contribution in [0, 0.1) is 0 Å². The number of aliphatic hydroxyl groups is 1. The van der Waals surface area contributed by atoms with Crippen LogP contribution in [0.2, 0.25) is 0 Å². The molecule has 1 N–H and O–H groups in total. The molecule has 0 saturated heterocycles. The highest BCUT2D eigenvalue weighted by atomic mass is 79.9. The predicted octanol–water partition coefficient (Wildman–Crippen LogP) is 3.69. The van der Waals surface area contributed by atoms with E-state index >= 15 is 0 Å². The fraction of sp³-hybridized carbons (Fsp3) is 0.231. The zero-order valence-corrected chi connectivity index (χ0v) is 11.0. The third-order valence-electron chi connectivity index (χ3n) is 3.21. The van der Waals surface area contributed by atoms with Gasteiger partial charge in [0.1, 0.15) is 5.60 Å². The lowest BCUT2D eigenvalue weighted by atomic mass is 9.94. The molecule has 1 unspecified atom stereocenters. The maximum Gasteiger partial charge on any atom is 0.125 e. The van der Waals surface area contributed by atoms with Gasteiger partial charge >= 0.3 is 0 Å². The van der Waals surface area contributed by atoms with Crippen LogP contribution >= 0.6 is 27.3 Å². The van der Waals surface area contributed by atoms with Crippen molar-refractivity contribution >= 4 is 27.3 Å². The van der Waals surface area contributed by atoms with Gasteiger partial charge in [-0.05, 0) is 51.3 Å². The summed E-state index contributed by atoms with van der Waals surface area (Å²) in [6, 6.07) is 10.2. The summed E-state index contributed by atoms with van der Waals surface area (Å²) in [7, 11) is 0. The van der Waals surface area contributed by atoms with Gasteiger partial charge in [0.25, 0.3) is 0 Å². The van der Waals surface area contributed by atoms with Crippen molar-refractivity contribution in [3.05, 3.63) is 56.2 Å². The van der Waals surface area contributed by atoms with Crippen LogP contribution in [0.25, 0.3) is 0 Å². The summed E-state index contributed by atoms with van der Waals surface area (Å²) in [6.07, 6.45) is 1.74. The quantitative estimate of drug-likeness (QED) is 0.850. The van der Waals surface area contributed by atoms with Crippen molar-refractivity contribution in [2.24, 2.45) is 0 Å². The molecule has 0 spiro atoms. The molecule has 0 radical (unpaired) electrons. The Morgan fingerprint density at radius 2 is 2.06 bits per heavy atom. The van der Waals surface area contributed by atoms with Gasteiger partial charge in [0.15, 0.2) is 0 Å². The van der Waals surface area contributed by atoms with E-state index in [4.69, 9.17) is 0 Å². The zero-order chi connectivity index (χ0) is 11.2. The summed E-state index contributed by atoms with van der Waals surface area (Å²) in [5.41, 5.74) is 1.55. The van der Waals surface area contributed by atoms with Crippen LogP contribution in [-0.4, -0.2) is 5.11 Å². The minimum Gasteiger partial charge on any atom is -0.379 e. The molecule has 1 aromatic heterocycles. The molecule has 1 heterocycles. The van der Waals surface area contributed by atoms with Crippen LogP contribution in [0.4, 0.5) is 0 Å². The van der Waals surface area contributed by atoms with Gasteiger partial charge in [-0.3, -0.25) is 0 Å². The smallest absolute Gasteiger partial charge is 0.125 e. The number of thiophene rings is 1. The fourth-order valence-corrected chi connectivity index (χ4v) is 4.26. The molecule has 1 atom stereocenters. The molecule has 1 aliphatic rings. The third kappa shape index (κ3) is 1.39. The van der Waals surface area contributed by atoms with Crippen LogP contribution < -0.4 is 0 Å². The van der Waals surface area contributed by atoms with Gasteiger partial charge in [-0.15, -0.1) is 11.3 Å². The van der Waals surface area contributed by atoms with Gasteiger partial charge < -0.3 is 5.11 Å². The second kappa shape index (κ2) is 3.69. The minimum absolute atomic E-state index is 0.783. The first-order chi connectivity index (χ1) is 7.72. The molecule has 1 aliphatic carbocycles. The van der Waals surface area contributed by atoms with Crippen LogP contribution in [-0.2, 0) is 12.0 Å². The van der Waals surface area contributed by atoms with E-state index in [0.717, 1.165) is 27.8 Å². The molecule has 82 valence electrons. The Bertz CT molecular complexity index is 534. The van der Waals surface area contributed by atoms with Crippen molar-refractivity contribution in [3.8, 4) is 0 Å². The second-order valence-corrected chi connectivity index (χ2v) is 5.89. The van der Waals surface area contributed by atoms with E-state index in [1.54, 1.807) is 11.3 Å². The number of hydrogen-bond acceptors (Lipinski definition) is 2. The van der Waals surface area contributed by atoms with Crippen LogP contribution in [0.3, 0.4) is 0 Å². The topological polar surface area (TPSA) is 20.2 Å². The van der Waals surface area contributed by atoms with Gasteiger partial charge in [-0.25, -0.2) is 0 Å². The molecule has 3 rings (SSSR count). The van der Waals surface area contributed by atoms with Crippen molar-refractivity contribution in [3.63, 3.8) is 0 Å². The maximum atomic E-state index is 10.9. The van der Waals surface area contributed by atoms with E-state index < -0.39 is 5.60 Å². The van der Waals surface area contributed by atoms with E-state index in [0.29, 0.717) is 0 Å². The van der Waals surface area contributed by atoms with E-state index in [1.807, 2.05) is 29.6 Å². The van der Waals surface area contributed by atoms with Gasteiger partial charge in [0, 0.05) is 4.47 Å². The van der Waals surface area contributed by atoms with Crippen molar-refractivity contribution in [1.82, 2.24) is 0 Å². The average molecular weight is 295 g/mol. The van der Waals surface area contributed by atoms with Gasteiger partial charge in [0.05, 0.1) is 4.88 Å². The van der Waals surface area contributed by atoms with Crippen LogP contribution in [0.5, 0.6) is 0 Å². The Hall–Kier alpha value is -0.640. The molecular formula is C13H11BrOS. The summed E-state index contributed by atoms with van der Waals surface area (Å²) in [5.74, 6) is 0. The number of aryl methyl sites for hydroxylation is 1. The second-order valence-electron chi connectivity index (χ2n) is 4.12. The standard InChI is InChI=1S/C13H11BrOS/c14-11-6-8-16-12(11)13(15)7-5-9-3-1-2-4-10(9)13/h1-4,6,8,15H,5,7H2. The van der Waals surface area contributed by atoms with E-state index in [-0.39, 0.29) is 0 Å². The Kier molecular flexibility index (Phi) is 2.42. The molecule has 0 fully saturated rings.